The van der Waals surface area contributed by atoms with Gasteiger partial charge in [-0.1, -0.05) is 31.4 Å². The van der Waals surface area contributed by atoms with Crippen LogP contribution in [-0.2, 0) is 6.18 Å². The molecule has 3 nitrogen and oxygen atoms in total. The van der Waals surface area contributed by atoms with E-state index in [-0.39, 0.29) is 23.9 Å². The highest BCUT2D eigenvalue weighted by molar-refractivity contribution is 6.18. The summed E-state index contributed by atoms with van der Waals surface area (Å²) in [5, 5.41) is 12.4. The van der Waals surface area contributed by atoms with E-state index in [1.807, 2.05) is 24.3 Å². The van der Waals surface area contributed by atoms with Gasteiger partial charge in [-0.15, -0.1) is 11.6 Å². The van der Waals surface area contributed by atoms with E-state index in [0.717, 1.165) is 12.1 Å². The van der Waals surface area contributed by atoms with E-state index < -0.39 is 17.8 Å². The lowest BCUT2D eigenvalue weighted by Gasteiger charge is -2.22. The van der Waals surface area contributed by atoms with Gasteiger partial charge in [0, 0.05) is 6.54 Å². The summed E-state index contributed by atoms with van der Waals surface area (Å²) in [5.74, 6) is 1.35. The summed E-state index contributed by atoms with van der Waals surface area (Å²) in [6.07, 6.45) is 0.817. The number of hydrogen-bond donors (Lipinski definition) is 2. The van der Waals surface area contributed by atoms with Crippen molar-refractivity contribution in [1.29, 1.82) is 0 Å². The van der Waals surface area contributed by atoms with Crippen LogP contribution in [0.4, 0.5) is 18.9 Å². The van der Waals surface area contributed by atoms with Gasteiger partial charge in [0.25, 0.3) is 0 Å². The summed E-state index contributed by atoms with van der Waals surface area (Å²) >= 11 is 5.57. The fourth-order valence-corrected chi connectivity index (χ4v) is 3.70. The van der Waals surface area contributed by atoms with Crippen LogP contribution in [0.5, 0.6) is 11.5 Å². The molecule has 1 aliphatic carbocycles. The van der Waals surface area contributed by atoms with E-state index in [1.54, 1.807) is 0 Å². The molecule has 1 saturated carbocycles. The maximum Gasteiger partial charge on any atom is 0.416 e. The lowest BCUT2D eigenvalue weighted by Crippen LogP contribution is -2.21. The molecule has 158 valence electrons. The van der Waals surface area contributed by atoms with E-state index in [1.165, 1.54) is 43.7 Å². The van der Waals surface area contributed by atoms with Crippen molar-refractivity contribution >= 4 is 17.3 Å². The smallest absolute Gasteiger partial charge is 0.416 e. The number of hydrogen-bond acceptors (Lipinski definition) is 3. The number of nitrogens with one attached hydrogen (secondary N) is 1. The van der Waals surface area contributed by atoms with Gasteiger partial charge in [-0.2, -0.15) is 13.2 Å². The third kappa shape index (κ3) is 6.03. The average molecular weight is 428 g/mol. The van der Waals surface area contributed by atoms with Crippen LogP contribution in [0.15, 0.2) is 42.5 Å². The molecule has 0 radical (unpaired) electrons. The van der Waals surface area contributed by atoms with Gasteiger partial charge in [-0.3, -0.25) is 0 Å². The van der Waals surface area contributed by atoms with Gasteiger partial charge in [0.15, 0.2) is 5.75 Å². The van der Waals surface area contributed by atoms with Gasteiger partial charge >= 0.3 is 6.18 Å². The number of aliphatic hydroxyl groups excluding tert-OH is 1. The van der Waals surface area contributed by atoms with Gasteiger partial charge in [0.2, 0.25) is 0 Å². The quantitative estimate of drug-likeness (QED) is 0.492. The van der Waals surface area contributed by atoms with E-state index in [4.69, 9.17) is 16.3 Å². The molecular formula is C22H25ClF3NO2. The number of anilines is 1. The van der Waals surface area contributed by atoms with Crippen LogP contribution < -0.4 is 10.1 Å². The molecule has 0 heterocycles. The Morgan fingerprint density at radius 2 is 1.76 bits per heavy atom. The van der Waals surface area contributed by atoms with Gasteiger partial charge in [-0.05, 0) is 54.7 Å². The molecule has 2 N–H and O–H groups in total. The van der Waals surface area contributed by atoms with E-state index in [9.17, 15) is 18.3 Å². The zero-order chi connectivity index (χ0) is 20.9. The Balaban J connectivity index is 1.77. The number of aliphatic hydroxyl groups is 1. The highest BCUT2D eigenvalue weighted by Gasteiger charge is 2.31. The highest BCUT2D eigenvalue weighted by atomic mass is 35.5. The van der Waals surface area contributed by atoms with Crippen molar-refractivity contribution < 1.29 is 23.0 Å². The summed E-state index contributed by atoms with van der Waals surface area (Å²) < 4.78 is 45.1. The van der Waals surface area contributed by atoms with Crippen molar-refractivity contribution in [2.45, 2.75) is 50.3 Å². The van der Waals surface area contributed by atoms with Crippen LogP contribution >= 0.6 is 11.6 Å². The van der Waals surface area contributed by atoms with Crippen LogP contribution in [0.3, 0.4) is 0 Å². The van der Waals surface area contributed by atoms with Crippen molar-refractivity contribution in [2.24, 2.45) is 0 Å². The van der Waals surface area contributed by atoms with Crippen molar-refractivity contribution in [1.82, 2.24) is 0 Å². The van der Waals surface area contributed by atoms with Gasteiger partial charge in [0.1, 0.15) is 5.75 Å². The largest absolute Gasteiger partial charge is 0.455 e. The normalized spacial score (nSPS) is 16.4. The number of halogens is 4. The first kappa shape index (κ1) is 21.8. The summed E-state index contributed by atoms with van der Waals surface area (Å²) in [6.45, 7) is 0.0157. The minimum Gasteiger partial charge on any atom is -0.455 e. The van der Waals surface area contributed by atoms with Crippen LogP contribution in [0, 0.1) is 0 Å². The molecule has 1 unspecified atom stereocenters. The number of alkyl halides is 4. The number of benzene rings is 2. The van der Waals surface area contributed by atoms with Crippen LogP contribution in [-0.4, -0.2) is 23.6 Å². The second-order valence-electron chi connectivity index (χ2n) is 7.40. The Morgan fingerprint density at radius 3 is 2.38 bits per heavy atom. The van der Waals surface area contributed by atoms with Crippen molar-refractivity contribution in [3.05, 3.63) is 53.6 Å². The van der Waals surface area contributed by atoms with Crippen LogP contribution in [0.25, 0.3) is 0 Å². The molecule has 0 aliphatic heterocycles. The Hall–Kier alpha value is -1.92. The van der Waals surface area contributed by atoms with E-state index in [0.29, 0.717) is 11.7 Å². The summed E-state index contributed by atoms with van der Waals surface area (Å²) in [6, 6.07) is 11.0. The third-order valence-electron chi connectivity index (χ3n) is 5.20. The molecule has 1 aliphatic rings. The topological polar surface area (TPSA) is 41.5 Å². The first-order valence-corrected chi connectivity index (χ1v) is 10.4. The molecule has 29 heavy (non-hydrogen) atoms. The third-order valence-corrected chi connectivity index (χ3v) is 5.55. The molecule has 0 spiro atoms. The fraction of sp³-hybridized carbons (Fsp3) is 0.455. The summed E-state index contributed by atoms with van der Waals surface area (Å²) in [5.41, 5.74) is 0.633. The minimum atomic E-state index is -4.47. The van der Waals surface area contributed by atoms with Crippen molar-refractivity contribution in [3.8, 4) is 11.5 Å². The molecule has 0 amide bonds. The fourth-order valence-electron chi connectivity index (χ4n) is 3.59. The van der Waals surface area contributed by atoms with Crippen molar-refractivity contribution in [3.63, 3.8) is 0 Å². The Morgan fingerprint density at radius 1 is 1.07 bits per heavy atom. The predicted octanol–water partition coefficient (Wildman–Crippen LogP) is 6.56. The predicted molar refractivity (Wildman–Crippen MR) is 109 cm³/mol. The maximum atomic E-state index is 13.1. The van der Waals surface area contributed by atoms with E-state index >= 15 is 0 Å². The average Bonchev–Trinajstić information content (AvgIpc) is 2.73. The molecule has 1 atom stereocenters. The second kappa shape index (κ2) is 9.72. The summed E-state index contributed by atoms with van der Waals surface area (Å²) in [4.78, 5) is 0. The van der Waals surface area contributed by atoms with Gasteiger partial charge < -0.3 is 15.2 Å². The first-order chi connectivity index (χ1) is 13.9. The lowest BCUT2D eigenvalue weighted by atomic mass is 9.84. The standard InChI is InChI=1S/C22H25ClF3NO2/c23-13-18(28)14-27-20-12-17(22(24,25)26)8-11-21(20)29-19-9-6-16(7-10-19)15-4-2-1-3-5-15/h6-12,15,18,27-28H,1-5,13-14H2. The second-order valence-corrected chi connectivity index (χ2v) is 7.71. The molecule has 7 heteroatoms. The Bertz CT molecular complexity index is 790. The molecule has 0 saturated heterocycles. The van der Waals surface area contributed by atoms with Gasteiger partial charge in [-0.25, -0.2) is 0 Å². The molecule has 0 bridgehead atoms. The molecule has 0 aromatic heterocycles. The zero-order valence-corrected chi connectivity index (χ0v) is 16.8. The molecule has 3 rings (SSSR count). The number of rotatable bonds is 7. The lowest BCUT2D eigenvalue weighted by molar-refractivity contribution is -0.137. The molecular weight excluding hydrogens is 403 g/mol. The maximum absolute atomic E-state index is 13.1. The summed E-state index contributed by atoms with van der Waals surface area (Å²) in [7, 11) is 0. The SMILES string of the molecule is OC(CCl)CNc1cc(C(F)(F)F)ccc1Oc1ccc(C2CCCCC2)cc1. The monoisotopic (exact) mass is 427 g/mol. The zero-order valence-electron chi connectivity index (χ0n) is 16.0. The first-order valence-electron chi connectivity index (χ1n) is 9.84. The molecule has 1 fully saturated rings. The minimum absolute atomic E-state index is 0.0157. The number of ether oxygens (including phenoxy) is 1. The van der Waals surface area contributed by atoms with Crippen LogP contribution in [0.1, 0.15) is 49.1 Å². The van der Waals surface area contributed by atoms with E-state index in [2.05, 4.69) is 5.32 Å². The van der Waals surface area contributed by atoms with Crippen molar-refractivity contribution in [2.75, 3.05) is 17.7 Å². The molecule has 2 aromatic rings. The Kier molecular flexibility index (Phi) is 7.30. The van der Waals surface area contributed by atoms with Crippen LogP contribution in [0.2, 0.25) is 0 Å². The highest BCUT2D eigenvalue weighted by Crippen LogP contribution is 2.38. The molecule has 2 aromatic carbocycles. The van der Waals surface area contributed by atoms with Gasteiger partial charge in [0.05, 0.1) is 23.2 Å². The Labute approximate surface area is 173 Å².